The second kappa shape index (κ2) is 9.58. The monoisotopic (exact) mass is 468 g/mol. The zero-order valence-corrected chi connectivity index (χ0v) is 19.6. The second-order valence-corrected chi connectivity index (χ2v) is 9.01. The Kier molecular flexibility index (Phi) is 6.18. The molecule has 0 saturated heterocycles. The number of hydrogen-bond donors (Lipinski definition) is 2. The summed E-state index contributed by atoms with van der Waals surface area (Å²) in [4.78, 5) is 15.8. The summed E-state index contributed by atoms with van der Waals surface area (Å²) in [6, 6.07) is 15.5. The van der Waals surface area contributed by atoms with E-state index < -0.39 is 0 Å². The van der Waals surface area contributed by atoms with Crippen LogP contribution in [0.1, 0.15) is 32.6 Å². The lowest BCUT2D eigenvalue weighted by atomic mass is 9.89. The van der Waals surface area contributed by atoms with Crippen LogP contribution in [0.25, 0.3) is 27.9 Å². The highest BCUT2D eigenvalue weighted by Gasteiger charge is 2.22. The molecule has 0 aliphatic heterocycles. The first kappa shape index (κ1) is 22.6. The zero-order chi connectivity index (χ0) is 24.4. The fraction of sp³-hybridized carbons (Fsp3) is 0.259. The van der Waals surface area contributed by atoms with Crippen molar-refractivity contribution in [2.75, 3.05) is 11.1 Å². The highest BCUT2D eigenvalue weighted by atomic mass is 16.5. The van der Waals surface area contributed by atoms with Crippen LogP contribution in [0.2, 0.25) is 0 Å². The minimum atomic E-state index is -0.265. The fourth-order valence-corrected chi connectivity index (χ4v) is 4.68. The third-order valence-electron chi connectivity index (χ3n) is 6.41. The lowest BCUT2D eigenvalue weighted by Crippen LogP contribution is -2.23. The SMILES string of the molecule is C=CC(=O)Nc1ccc(-c2nn3ncnc(N)c3c2-c2ccc(OC3CCCC(C)C3)cc2)cc1. The fourth-order valence-electron chi connectivity index (χ4n) is 4.68. The summed E-state index contributed by atoms with van der Waals surface area (Å²) >= 11 is 0. The standard InChI is InChI=1S/C27H28N6O2/c1-3-23(34)31-20-11-7-19(8-12-20)25-24(26-27(28)29-16-30-33(26)32-25)18-9-13-21(14-10-18)35-22-6-4-5-17(2)15-22/h3,7-14,16-17,22H,1,4-6,15H2,2H3,(H,31,34)(H2,28,29,30). The van der Waals surface area contributed by atoms with Crippen molar-refractivity contribution in [3.63, 3.8) is 0 Å². The molecule has 3 N–H and O–H groups in total. The number of benzene rings is 2. The predicted octanol–water partition coefficient (Wildman–Crippen LogP) is 5.12. The molecule has 2 aromatic heterocycles. The van der Waals surface area contributed by atoms with Gasteiger partial charge in [-0.25, -0.2) is 4.98 Å². The predicted molar refractivity (Wildman–Crippen MR) is 137 cm³/mol. The average molecular weight is 469 g/mol. The van der Waals surface area contributed by atoms with Gasteiger partial charge in [0.2, 0.25) is 5.91 Å². The van der Waals surface area contributed by atoms with Crippen LogP contribution in [-0.4, -0.2) is 31.8 Å². The molecule has 1 fully saturated rings. The third-order valence-corrected chi connectivity index (χ3v) is 6.41. The first-order valence-corrected chi connectivity index (χ1v) is 11.8. The number of nitrogen functional groups attached to an aromatic ring is 1. The van der Waals surface area contributed by atoms with Crippen molar-refractivity contribution in [1.29, 1.82) is 0 Å². The molecule has 1 aliphatic carbocycles. The van der Waals surface area contributed by atoms with Gasteiger partial charge in [-0.05, 0) is 61.1 Å². The molecule has 1 aliphatic rings. The number of fused-ring (bicyclic) bond motifs is 1. The Hall–Kier alpha value is -4.20. The number of carbonyl (C=O) groups excluding carboxylic acids is 1. The molecule has 0 radical (unpaired) electrons. The van der Waals surface area contributed by atoms with Crippen molar-refractivity contribution in [1.82, 2.24) is 19.8 Å². The maximum atomic E-state index is 11.6. The van der Waals surface area contributed by atoms with E-state index in [1.165, 1.54) is 29.9 Å². The summed E-state index contributed by atoms with van der Waals surface area (Å²) in [7, 11) is 0. The molecule has 2 aromatic carbocycles. The molecule has 0 spiro atoms. The first-order valence-electron chi connectivity index (χ1n) is 11.8. The van der Waals surface area contributed by atoms with Crippen LogP contribution >= 0.6 is 0 Å². The average Bonchev–Trinajstić information content (AvgIpc) is 3.26. The van der Waals surface area contributed by atoms with Crippen LogP contribution in [-0.2, 0) is 4.79 Å². The Bertz CT molecular complexity index is 1360. The van der Waals surface area contributed by atoms with Crippen LogP contribution < -0.4 is 15.8 Å². The van der Waals surface area contributed by atoms with E-state index in [9.17, 15) is 4.79 Å². The summed E-state index contributed by atoms with van der Waals surface area (Å²) in [5.41, 5.74) is 10.9. The van der Waals surface area contributed by atoms with Crippen molar-refractivity contribution in [2.24, 2.45) is 5.92 Å². The smallest absolute Gasteiger partial charge is 0.247 e. The first-order chi connectivity index (χ1) is 17.0. The highest BCUT2D eigenvalue weighted by molar-refractivity contribution is 5.99. The van der Waals surface area contributed by atoms with Crippen molar-refractivity contribution in [3.8, 4) is 28.1 Å². The van der Waals surface area contributed by atoms with Crippen molar-refractivity contribution < 1.29 is 9.53 Å². The molecule has 8 nitrogen and oxygen atoms in total. The largest absolute Gasteiger partial charge is 0.490 e. The topological polar surface area (TPSA) is 107 Å². The summed E-state index contributed by atoms with van der Waals surface area (Å²) in [6.45, 7) is 5.77. The summed E-state index contributed by atoms with van der Waals surface area (Å²) in [5.74, 6) is 1.64. The number of rotatable bonds is 6. The van der Waals surface area contributed by atoms with E-state index in [-0.39, 0.29) is 12.0 Å². The van der Waals surface area contributed by atoms with E-state index >= 15 is 0 Å². The molecule has 2 heterocycles. The van der Waals surface area contributed by atoms with Gasteiger partial charge in [0.25, 0.3) is 0 Å². The number of ether oxygens (including phenoxy) is 1. The van der Waals surface area contributed by atoms with Gasteiger partial charge < -0.3 is 15.8 Å². The van der Waals surface area contributed by atoms with Crippen LogP contribution in [0, 0.1) is 5.92 Å². The van der Waals surface area contributed by atoms with E-state index in [1.807, 2.05) is 48.5 Å². The van der Waals surface area contributed by atoms with Gasteiger partial charge in [-0.3, -0.25) is 4.79 Å². The van der Waals surface area contributed by atoms with Crippen LogP contribution in [0.15, 0.2) is 67.5 Å². The Balaban J connectivity index is 1.50. The third kappa shape index (κ3) is 4.73. The number of hydrogen-bond acceptors (Lipinski definition) is 6. The van der Waals surface area contributed by atoms with Gasteiger partial charge in [0, 0.05) is 16.8 Å². The lowest BCUT2D eigenvalue weighted by Gasteiger charge is -2.27. The molecule has 2 atom stereocenters. The number of nitrogens with two attached hydrogens (primary N) is 1. The van der Waals surface area contributed by atoms with Crippen molar-refractivity contribution in [2.45, 2.75) is 38.7 Å². The van der Waals surface area contributed by atoms with E-state index in [0.717, 1.165) is 35.3 Å². The van der Waals surface area contributed by atoms with Gasteiger partial charge in [0.1, 0.15) is 23.3 Å². The summed E-state index contributed by atoms with van der Waals surface area (Å²) in [6.07, 6.45) is 7.57. The minimum Gasteiger partial charge on any atom is -0.490 e. The number of aromatic nitrogens is 4. The molecule has 2 unspecified atom stereocenters. The Labute approximate surface area is 203 Å². The zero-order valence-electron chi connectivity index (χ0n) is 19.6. The molecular formula is C27H28N6O2. The molecular weight excluding hydrogens is 440 g/mol. The molecule has 8 heteroatoms. The Morgan fingerprint density at radius 2 is 1.89 bits per heavy atom. The molecule has 1 amide bonds. The van der Waals surface area contributed by atoms with E-state index in [0.29, 0.717) is 28.6 Å². The molecule has 1 saturated carbocycles. The molecule has 35 heavy (non-hydrogen) atoms. The normalized spacial score (nSPS) is 17.7. The molecule has 5 rings (SSSR count). The second-order valence-electron chi connectivity index (χ2n) is 9.01. The van der Waals surface area contributed by atoms with Crippen LogP contribution in [0.4, 0.5) is 11.5 Å². The maximum Gasteiger partial charge on any atom is 0.247 e. The maximum absolute atomic E-state index is 11.6. The van der Waals surface area contributed by atoms with Crippen molar-refractivity contribution >= 4 is 22.9 Å². The van der Waals surface area contributed by atoms with Crippen LogP contribution in [0.5, 0.6) is 5.75 Å². The van der Waals surface area contributed by atoms with Gasteiger partial charge in [-0.1, -0.05) is 44.2 Å². The quantitative estimate of drug-likeness (QED) is 0.380. The number of nitrogens with one attached hydrogen (secondary N) is 1. The molecule has 178 valence electrons. The van der Waals surface area contributed by atoms with E-state index in [2.05, 4.69) is 28.9 Å². The molecule has 0 bridgehead atoms. The Morgan fingerprint density at radius 3 is 2.60 bits per heavy atom. The van der Waals surface area contributed by atoms with Gasteiger partial charge in [-0.2, -0.15) is 0 Å². The number of carbonyl (C=O) groups is 1. The number of anilines is 2. The summed E-state index contributed by atoms with van der Waals surface area (Å²) < 4.78 is 7.77. The van der Waals surface area contributed by atoms with Crippen molar-refractivity contribution in [3.05, 3.63) is 67.5 Å². The minimum absolute atomic E-state index is 0.265. The number of nitrogens with zero attached hydrogens (tertiary/aromatic N) is 4. The highest BCUT2D eigenvalue weighted by Crippen LogP contribution is 2.38. The summed E-state index contributed by atoms with van der Waals surface area (Å²) in [5, 5.41) is 11.7. The van der Waals surface area contributed by atoms with E-state index in [1.54, 1.807) is 0 Å². The van der Waals surface area contributed by atoms with Gasteiger partial charge in [0.15, 0.2) is 5.82 Å². The van der Waals surface area contributed by atoms with Gasteiger partial charge in [0.05, 0.1) is 6.10 Å². The molecule has 4 aromatic rings. The number of amides is 1. The lowest BCUT2D eigenvalue weighted by molar-refractivity contribution is -0.111. The Morgan fingerprint density at radius 1 is 1.14 bits per heavy atom. The van der Waals surface area contributed by atoms with Gasteiger partial charge in [-0.15, -0.1) is 14.8 Å². The van der Waals surface area contributed by atoms with Crippen LogP contribution in [0.3, 0.4) is 0 Å². The van der Waals surface area contributed by atoms with Gasteiger partial charge >= 0.3 is 0 Å². The van der Waals surface area contributed by atoms with E-state index in [4.69, 9.17) is 15.6 Å².